The molecule has 2 saturated heterocycles. The maximum Gasteiger partial charge on any atom is 0.409 e. The number of nitrogens with zero attached hydrogens (tertiary/aromatic N) is 3. The number of carbonyl (C=O) groups excluding carboxylic acids is 3. The second-order valence-electron chi connectivity index (χ2n) is 7.28. The first-order chi connectivity index (χ1) is 14.4. The Morgan fingerprint density at radius 1 is 1.20 bits per heavy atom. The molecule has 8 nitrogen and oxygen atoms in total. The fourth-order valence-electron chi connectivity index (χ4n) is 3.69. The van der Waals surface area contributed by atoms with Crippen molar-refractivity contribution in [2.45, 2.75) is 25.9 Å². The van der Waals surface area contributed by atoms with Crippen molar-refractivity contribution in [1.29, 1.82) is 0 Å². The van der Waals surface area contributed by atoms with E-state index in [1.807, 2.05) is 4.90 Å². The number of benzene rings is 1. The summed E-state index contributed by atoms with van der Waals surface area (Å²) in [6, 6.07) is 3.53. The minimum Gasteiger partial charge on any atom is -0.450 e. The normalized spacial score (nSPS) is 20.1. The third kappa shape index (κ3) is 5.40. The second kappa shape index (κ2) is 10.1. The van der Waals surface area contributed by atoms with Gasteiger partial charge in [0.25, 0.3) is 0 Å². The largest absolute Gasteiger partial charge is 0.450 e. The molecule has 2 aliphatic heterocycles. The van der Waals surface area contributed by atoms with E-state index in [4.69, 9.17) is 16.3 Å². The van der Waals surface area contributed by atoms with Gasteiger partial charge in [0.15, 0.2) is 0 Å². The van der Waals surface area contributed by atoms with Crippen LogP contribution in [0.3, 0.4) is 0 Å². The van der Waals surface area contributed by atoms with Crippen molar-refractivity contribution in [3.8, 4) is 0 Å². The van der Waals surface area contributed by atoms with Gasteiger partial charge in [0, 0.05) is 50.8 Å². The SMILES string of the molecule is CCOC(=O)N1CCN(C(=O)C[C@@H]2C(=O)NCCN2Cc2ccc(F)cc2Cl)CC1. The Balaban J connectivity index is 1.60. The van der Waals surface area contributed by atoms with Crippen LogP contribution in [-0.2, 0) is 20.9 Å². The molecule has 30 heavy (non-hydrogen) atoms. The average molecular weight is 441 g/mol. The Labute approximate surface area is 179 Å². The molecular formula is C20H26ClFN4O4. The number of hydrogen-bond donors (Lipinski definition) is 1. The zero-order valence-electron chi connectivity index (χ0n) is 16.9. The zero-order valence-corrected chi connectivity index (χ0v) is 17.7. The number of carbonyl (C=O) groups is 3. The molecule has 1 atom stereocenters. The zero-order chi connectivity index (χ0) is 21.7. The minimum atomic E-state index is -0.629. The lowest BCUT2D eigenvalue weighted by molar-refractivity contribution is -0.140. The van der Waals surface area contributed by atoms with Crippen LogP contribution in [0.25, 0.3) is 0 Å². The van der Waals surface area contributed by atoms with Crippen molar-refractivity contribution < 1.29 is 23.5 Å². The van der Waals surface area contributed by atoms with Crippen molar-refractivity contribution in [2.75, 3.05) is 45.9 Å². The van der Waals surface area contributed by atoms with Crippen LogP contribution in [0.4, 0.5) is 9.18 Å². The Bertz CT molecular complexity index is 801. The number of halogens is 2. The number of amides is 3. The molecule has 164 valence electrons. The van der Waals surface area contributed by atoms with E-state index < -0.39 is 11.9 Å². The second-order valence-corrected chi connectivity index (χ2v) is 7.69. The maximum absolute atomic E-state index is 13.3. The van der Waals surface area contributed by atoms with Crippen LogP contribution in [-0.4, -0.2) is 84.5 Å². The van der Waals surface area contributed by atoms with Gasteiger partial charge < -0.3 is 19.9 Å². The highest BCUT2D eigenvalue weighted by atomic mass is 35.5. The molecule has 0 bridgehead atoms. The molecule has 1 N–H and O–H groups in total. The third-order valence-corrected chi connectivity index (χ3v) is 5.71. The first kappa shape index (κ1) is 22.3. The molecule has 0 radical (unpaired) electrons. The molecule has 10 heteroatoms. The van der Waals surface area contributed by atoms with Gasteiger partial charge in [0.05, 0.1) is 19.1 Å². The molecule has 3 amide bonds. The van der Waals surface area contributed by atoms with Crippen molar-refractivity contribution in [3.05, 3.63) is 34.6 Å². The highest BCUT2D eigenvalue weighted by Gasteiger charge is 2.34. The van der Waals surface area contributed by atoms with Gasteiger partial charge in [-0.15, -0.1) is 0 Å². The molecule has 2 aliphatic rings. The summed E-state index contributed by atoms with van der Waals surface area (Å²) in [7, 11) is 0. The summed E-state index contributed by atoms with van der Waals surface area (Å²) in [5.74, 6) is -0.775. The van der Waals surface area contributed by atoms with Crippen LogP contribution in [0.1, 0.15) is 18.9 Å². The molecule has 0 aromatic heterocycles. The summed E-state index contributed by atoms with van der Waals surface area (Å²) in [6.07, 6.45) is -0.344. The predicted molar refractivity (Wildman–Crippen MR) is 108 cm³/mol. The van der Waals surface area contributed by atoms with Crippen LogP contribution in [0.15, 0.2) is 18.2 Å². The molecule has 2 heterocycles. The Kier molecular flexibility index (Phi) is 7.49. The van der Waals surface area contributed by atoms with Crippen LogP contribution in [0, 0.1) is 5.82 Å². The predicted octanol–water partition coefficient (Wildman–Crippen LogP) is 1.47. The number of nitrogens with one attached hydrogen (secondary N) is 1. The summed E-state index contributed by atoms with van der Waals surface area (Å²) in [4.78, 5) is 42.3. The molecule has 0 unspecified atom stereocenters. The first-order valence-electron chi connectivity index (χ1n) is 10.0. The van der Waals surface area contributed by atoms with Crippen LogP contribution >= 0.6 is 11.6 Å². The fraction of sp³-hybridized carbons (Fsp3) is 0.550. The van der Waals surface area contributed by atoms with E-state index in [1.54, 1.807) is 22.8 Å². The molecule has 2 fully saturated rings. The monoisotopic (exact) mass is 440 g/mol. The van der Waals surface area contributed by atoms with Gasteiger partial charge in [-0.05, 0) is 24.6 Å². The smallest absolute Gasteiger partial charge is 0.409 e. The van der Waals surface area contributed by atoms with E-state index >= 15 is 0 Å². The minimum absolute atomic E-state index is 0.0318. The lowest BCUT2D eigenvalue weighted by Gasteiger charge is -2.38. The van der Waals surface area contributed by atoms with Gasteiger partial charge in [-0.3, -0.25) is 14.5 Å². The van der Waals surface area contributed by atoms with Crippen LogP contribution in [0.5, 0.6) is 0 Å². The lowest BCUT2D eigenvalue weighted by atomic mass is 10.1. The molecule has 0 saturated carbocycles. The van der Waals surface area contributed by atoms with Crippen molar-refractivity contribution in [3.63, 3.8) is 0 Å². The highest BCUT2D eigenvalue weighted by Crippen LogP contribution is 2.22. The van der Waals surface area contributed by atoms with Gasteiger partial charge in [-0.25, -0.2) is 9.18 Å². The quantitative estimate of drug-likeness (QED) is 0.749. The van der Waals surface area contributed by atoms with E-state index in [0.717, 1.165) is 0 Å². The van der Waals surface area contributed by atoms with Crippen molar-refractivity contribution in [2.24, 2.45) is 0 Å². The Hall–Kier alpha value is -2.39. The first-order valence-corrected chi connectivity index (χ1v) is 10.4. The van der Waals surface area contributed by atoms with Gasteiger partial charge in [0.1, 0.15) is 5.82 Å². The highest BCUT2D eigenvalue weighted by molar-refractivity contribution is 6.31. The van der Waals surface area contributed by atoms with Crippen molar-refractivity contribution >= 4 is 29.5 Å². The summed E-state index contributed by atoms with van der Waals surface area (Å²) in [5, 5.41) is 3.09. The number of rotatable bonds is 5. The van der Waals surface area contributed by atoms with Gasteiger partial charge in [0.2, 0.25) is 11.8 Å². The average Bonchev–Trinajstić information content (AvgIpc) is 2.72. The van der Waals surface area contributed by atoms with Gasteiger partial charge in [-0.1, -0.05) is 17.7 Å². The summed E-state index contributed by atoms with van der Waals surface area (Å²) in [5.41, 5.74) is 0.702. The Morgan fingerprint density at radius 2 is 1.90 bits per heavy atom. The lowest BCUT2D eigenvalue weighted by Crippen LogP contribution is -2.57. The van der Waals surface area contributed by atoms with E-state index in [9.17, 15) is 18.8 Å². The summed E-state index contributed by atoms with van der Waals surface area (Å²) >= 11 is 6.14. The molecule has 0 aliphatic carbocycles. The van der Waals surface area contributed by atoms with Crippen LogP contribution < -0.4 is 5.32 Å². The van der Waals surface area contributed by atoms with E-state index in [2.05, 4.69) is 5.32 Å². The standard InChI is InChI=1S/C20H26ClFN4O4/c1-2-30-20(29)25-9-7-24(8-10-25)18(27)12-17-19(28)23-5-6-26(17)13-14-3-4-15(22)11-16(14)21/h3-4,11,17H,2,5-10,12-13H2,1H3,(H,23,28)/t17-/m1/s1. The number of hydrogen-bond acceptors (Lipinski definition) is 5. The summed E-state index contributed by atoms with van der Waals surface area (Å²) in [6.45, 7) is 5.04. The third-order valence-electron chi connectivity index (χ3n) is 5.36. The number of ether oxygens (including phenoxy) is 1. The van der Waals surface area contributed by atoms with Crippen molar-refractivity contribution in [1.82, 2.24) is 20.0 Å². The van der Waals surface area contributed by atoms with Crippen LogP contribution in [0.2, 0.25) is 5.02 Å². The summed E-state index contributed by atoms with van der Waals surface area (Å²) < 4.78 is 18.3. The van der Waals surface area contributed by atoms with E-state index in [0.29, 0.717) is 63.0 Å². The fourth-order valence-corrected chi connectivity index (χ4v) is 3.92. The molecule has 3 rings (SSSR count). The molecule has 1 aromatic rings. The molecule has 1 aromatic carbocycles. The molecular weight excluding hydrogens is 415 g/mol. The van der Waals surface area contributed by atoms with E-state index in [1.165, 1.54) is 12.1 Å². The molecule has 0 spiro atoms. The topological polar surface area (TPSA) is 82.2 Å². The number of piperazine rings is 2. The maximum atomic E-state index is 13.3. The Morgan fingerprint density at radius 3 is 2.57 bits per heavy atom. The van der Waals surface area contributed by atoms with Gasteiger partial charge >= 0.3 is 6.09 Å². The van der Waals surface area contributed by atoms with E-state index in [-0.39, 0.29) is 24.3 Å². The van der Waals surface area contributed by atoms with Gasteiger partial charge in [-0.2, -0.15) is 0 Å².